The van der Waals surface area contributed by atoms with Crippen molar-refractivity contribution in [3.63, 3.8) is 0 Å². The van der Waals surface area contributed by atoms with Crippen LogP contribution in [0.3, 0.4) is 0 Å². The first-order valence-corrected chi connectivity index (χ1v) is 9.60. The summed E-state index contributed by atoms with van der Waals surface area (Å²) in [6.45, 7) is 3.76. The minimum Gasteiger partial charge on any atom is -0.493 e. The minimum atomic E-state index is -0.107. The molecule has 2 amide bonds. The lowest BCUT2D eigenvalue weighted by Crippen LogP contribution is -2.49. The Bertz CT molecular complexity index is 962. The number of rotatable bonds is 5. The van der Waals surface area contributed by atoms with Crippen LogP contribution in [0.4, 0.5) is 10.5 Å². The van der Waals surface area contributed by atoms with Crippen molar-refractivity contribution in [2.75, 3.05) is 45.7 Å². The fourth-order valence-electron chi connectivity index (χ4n) is 3.52. The number of fused-ring (bicyclic) bond motifs is 1. The SMILES string of the molecule is COc1ccc(NC(=O)N2CCN(Cc3cc4ccccn4n3)CC2)cc1OC. The van der Waals surface area contributed by atoms with Gasteiger partial charge in [0.05, 0.1) is 25.4 Å². The predicted octanol–water partition coefficient (Wildman–Crippen LogP) is 2.70. The number of pyridine rings is 1. The molecule has 1 aliphatic rings. The highest BCUT2D eigenvalue weighted by atomic mass is 16.5. The molecule has 1 saturated heterocycles. The maximum absolute atomic E-state index is 12.6. The van der Waals surface area contributed by atoms with E-state index in [1.165, 1.54) is 0 Å². The van der Waals surface area contributed by atoms with Gasteiger partial charge in [-0.05, 0) is 30.3 Å². The topological polar surface area (TPSA) is 71.3 Å². The van der Waals surface area contributed by atoms with Gasteiger partial charge in [0.15, 0.2) is 11.5 Å². The average molecular weight is 395 g/mol. The van der Waals surface area contributed by atoms with Crippen molar-refractivity contribution in [2.45, 2.75) is 6.54 Å². The maximum atomic E-state index is 12.6. The van der Waals surface area contributed by atoms with Gasteiger partial charge >= 0.3 is 6.03 Å². The summed E-state index contributed by atoms with van der Waals surface area (Å²) in [6, 6.07) is 13.4. The molecule has 0 unspecified atom stereocenters. The van der Waals surface area contributed by atoms with Crippen LogP contribution in [0, 0.1) is 0 Å². The maximum Gasteiger partial charge on any atom is 0.321 e. The van der Waals surface area contributed by atoms with Crippen LogP contribution in [0.25, 0.3) is 5.52 Å². The molecule has 8 nitrogen and oxygen atoms in total. The molecular formula is C21H25N5O3. The van der Waals surface area contributed by atoms with E-state index in [2.05, 4.69) is 21.4 Å². The largest absolute Gasteiger partial charge is 0.493 e. The van der Waals surface area contributed by atoms with E-state index in [1.54, 1.807) is 32.4 Å². The number of anilines is 1. The highest BCUT2D eigenvalue weighted by Crippen LogP contribution is 2.29. The predicted molar refractivity (Wildman–Crippen MR) is 111 cm³/mol. The van der Waals surface area contributed by atoms with Gasteiger partial charge in [0.2, 0.25) is 0 Å². The first kappa shape index (κ1) is 19.1. The number of ether oxygens (including phenoxy) is 2. The van der Waals surface area contributed by atoms with E-state index in [9.17, 15) is 4.79 Å². The first-order chi connectivity index (χ1) is 14.2. The molecule has 1 fully saturated rings. The number of benzene rings is 1. The van der Waals surface area contributed by atoms with Crippen LogP contribution in [-0.2, 0) is 6.54 Å². The standard InChI is InChI=1S/C21H25N5O3/c1-28-19-7-6-16(14-20(19)29-2)22-21(27)25-11-9-24(10-12-25)15-17-13-18-5-3-4-8-26(18)23-17/h3-8,13-14H,9-12,15H2,1-2H3,(H,22,27). The van der Waals surface area contributed by atoms with E-state index in [-0.39, 0.29) is 6.03 Å². The molecule has 2 aromatic heterocycles. The van der Waals surface area contributed by atoms with Crippen molar-refractivity contribution in [1.82, 2.24) is 19.4 Å². The molecule has 3 aromatic rings. The summed E-state index contributed by atoms with van der Waals surface area (Å²) in [4.78, 5) is 16.8. The molecule has 1 N–H and O–H groups in total. The lowest BCUT2D eigenvalue weighted by Gasteiger charge is -2.34. The van der Waals surface area contributed by atoms with Gasteiger partial charge in [-0.3, -0.25) is 4.90 Å². The number of hydrogen-bond donors (Lipinski definition) is 1. The van der Waals surface area contributed by atoms with E-state index >= 15 is 0 Å². The van der Waals surface area contributed by atoms with Crippen LogP contribution in [0.15, 0.2) is 48.7 Å². The lowest BCUT2D eigenvalue weighted by atomic mass is 10.2. The fraction of sp³-hybridized carbons (Fsp3) is 0.333. The van der Waals surface area contributed by atoms with Gasteiger partial charge in [-0.1, -0.05) is 6.07 Å². The quantitative estimate of drug-likeness (QED) is 0.719. The Hall–Kier alpha value is -3.26. The van der Waals surface area contributed by atoms with Gasteiger partial charge < -0.3 is 19.7 Å². The smallest absolute Gasteiger partial charge is 0.321 e. The highest BCUT2D eigenvalue weighted by Gasteiger charge is 2.22. The summed E-state index contributed by atoms with van der Waals surface area (Å²) >= 11 is 0. The van der Waals surface area contributed by atoms with Gasteiger partial charge in [0.1, 0.15) is 0 Å². The third-order valence-corrected chi connectivity index (χ3v) is 5.10. The molecule has 0 radical (unpaired) electrons. The molecule has 29 heavy (non-hydrogen) atoms. The molecule has 1 aliphatic heterocycles. The van der Waals surface area contributed by atoms with Gasteiger partial charge in [-0.15, -0.1) is 0 Å². The van der Waals surface area contributed by atoms with E-state index in [0.29, 0.717) is 30.3 Å². The molecule has 0 bridgehead atoms. The summed E-state index contributed by atoms with van der Waals surface area (Å²) in [5, 5.41) is 7.54. The van der Waals surface area contributed by atoms with E-state index in [0.717, 1.165) is 30.8 Å². The number of amides is 2. The van der Waals surface area contributed by atoms with Crippen molar-refractivity contribution in [3.05, 3.63) is 54.4 Å². The molecule has 0 aliphatic carbocycles. The summed E-state index contributed by atoms with van der Waals surface area (Å²) in [7, 11) is 3.16. The third-order valence-electron chi connectivity index (χ3n) is 5.10. The Morgan fingerprint density at radius 3 is 2.55 bits per heavy atom. The van der Waals surface area contributed by atoms with Gasteiger partial charge in [0, 0.05) is 50.7 Å². The second-order valence-electron chi connectivity index (χ2n) is 6.97. The van der Waals surface area contributed by atoms with Crippen LogP contribution >= 0.6 is 0 Å². The summed E-state index contributed by atoms with van der Waals surface area (Å²) < 4.78 is 12.4. The van der Waals surface area contributed by atoms with E-state index in [4.69, 9.17) is 9.47 Å². The van der Waals surface area contributed by atoms with Crippen molar-refractivity contribution in [3.8, 4) is 11.5 Å². The summed E-state index contributed by atoms with van der Waals surface area (Å²) in [5.74, 6) is 1.22. The van der Waals surface area contributed by atoms with Crippen molar-refractivity contribution in [1.29, 1.82) is 0 Å². The van der Waals surface area contributed by atoms with E-state index < -0.39 is 0 Å². The molecule has 8 heteroatoms. The summed E-state index contributed by atoms with van der Waals surface area (Å²) in [6.07, 6.45) is 1.95. The molecule has 0 saturated carbocycles. The normalized spacial score (nSPS) is 14.8. The fourth-order valence-corrected chi connectivity index (χ4v) is 3.52. The van der Waals surface area contributed by atoms with Crippen LogP contribution in [0.1, 0.15) is 5.69 Å². The number of carbonyl (C=O) groups is 1. The lowest BCUT2D eigenvalue weighted by molar-refractivity contribution is 0.142. The Morgan fingerprint density at radius 1 is 1.03 bits per heavy atom. The second kappa shape index (κ2) is 8.40. The van der Waals surface area contributed by atoms with Crippen molar-refractivity contribution < 1.29 is 14.3 Å². The number of aromatic nitrogens is 2. The number of nitrogens with one attached hydrogen (secondary N) is 1. The zero-order valence-electron chi connectivity index (χ0n) is 16.7. The Labute approximate surface area is 169 Å². The van der Waals surface area contributed by atoms with E-state index in [1.807, 2.05) is 33.8 Å². The Balaban J connectivity index is 1.31. The van der Waals surface area contributed by atoms with Crippen LogP contribution in [0.2, 0.25) is 0 Å². The number of methoxy groups -OCH3 is 2. The Morgan fingerprint density at radius 2 is 1.83 bits per heavy atom. The van der Waals surface area contributed by atoms with Crippen LogP contribution in [-0.4, -0.2) is 65.8 Å². The number of hydrogen-bond acceptors (Lipinski definition) is 5. The zero-order valence-corrected chi connectivity index (χ0v) is 16.7. The van der Waals surface area contributed by atoms with Crippen molar-refractivity contribution >= 4 is 17.2 Å². The third kappa shape index (κ3) is 4.27. The van der Waals surface area contributed by atoms with Gasteiger partial charge in [0.25, 0.3) is 0 Å². The highest BCUT2D eigenvalue weighted by molar-refractivity contribution is 5.89. The van der Waals surface area contributed by atoms with Gasteiger partial charge in [-0.25, -0.2) is 9.31 Å². The molecule has 152 valence electrons. The molecule has 3 heterocycles. The number of nitrogens with zero attached hydrogens (tertiary/aromatic N) is 4. The van der Waals surface area contributed by atoms with Gasteiger partial charge in [-0.2, -0.15) is 5.10 Å². The Kier molecular flexibility index (Phi) is 5.53. The molecule has 1 aromatic carbocycles. The van der Waals surface area contributed by atoms with Crippen LogP contribution < -0.4 is 14.8 Å². The first-order valence-electron chi connectivity index (χ1n) is 9.60. The molecule has 4 rings (SSSR count). The number of carbonyl (C=O) groups excluding carboxylic acids is 1. The zero-order chi connectivity index (χ0) is 20.2. The number of urea groups is 1. The molecule has 0 atom stereocenters. The monoisotopic (exact) mass is 395 g/mol. The summed E-state index contributed by atoms with van der Waals surface area (Å²) in [5.41, 5.74) is 2.81. The van der Waals surface area contributed by atoms with Crippen molar-refractivity contribution in [2.24, 2.45) is 0 Å². The molecular weight excluding hydrogens is 370 g/mol. The number of piperazine rings is 1. The minimum absolute atomic E-state index is 0.107. The van der Waals surface area contributed by atoms with Crippen LogP contribution in [0.5, 0.6) is 11.5 Å². The second-order valence-corrected chi connectivity index (χ2v) is 6.97. The molecule has 0 spiro atoms. The average Bonchev–Trinajstić information content (AvgIpc) is 3.16.